The maximum absolute atomic E-state index is 13.1. The number of hydrogen-bond donors (Lipinski definition) is 1. The van der Waals surface area contributed by atoms with Crippen molar-refractivity contribution in [3.05, 3.63) is 52.9 Å². The quantitative estimate of drug-likeness (QED) is 0.928. The van der Waals surface area contributed by atoms with E-state index in [1.54, 1.807) is 18.3 Å². The molecular weight excluding hydrogens is 265 g/mol. The second kappa shape index (κ2) is 5.89. The molecule has 19 heavy (non-hydrogen) atoms. The Morgan fingerprint density at radius 3 is 2.79 bits per heavy atom. The van der Waals surface area contributed by atoms with E-state index in [1.807, 2.05) is 31.1 Å². The Kier molecular flexibility index (Phi) is 4.22. The molecule has 2 rings (SSSR count). The number of benzene rings is 1. The van der Waals surface area contributed by atoms with Gasteiger partial charge in [0.25, 0.3) is 0 Å². The molecular formula is C14H15ClFN3. The monoisotopic (exact) mass is 279 g/mol. The molecule has 0 saturated heterocycles. The molecule has 2 aromatic rings. The fourth-order valence-electron chi connectivity index (χ4n) is 1.74. The number of anilines is 2. The summed E-state index contributed by atoms with van der Waals surface area (Å²) < 4.78 is 13.1. The fraction of sp³-hybridized carbons (Fsp3) is 0.214. The Labute approximate surface area is 117 Å². The Hall–Kier alpha value is -1.81. The number of aromatic nitrogens is 1. The largest absolute Gasteiger partial charge is 0.378 e. The van der Waals surface area contributed by atoms with Crippen molar-refractivity contribution in [3.63, 3.8) is 0 Å². The minimum atomic E-state index is -0.402. The van der Waals surface area contributed by atoms with E-state index in [9.17, 15) is 4.39 Å². The summed E-state index contributed by atoms with van der Waals surface area (Å²) in [6.07, 6.45) is 1.75. The molecule has 0 radical (unpaired) electrons. The van der Waals surface area contributed by atoms with Gasteiger partial charge in [-0.05, 0) is 29.8 Å². The van der Waals surface area contributed by atoms with E-state index in [1.165, 1.54) is 6.07 Å². The van der Waals surface area contributed by atoms with Crippen molar-refractivity contribution in [3.8, 4) is 0 Å². The van der Waals surface area contributed by atoms with Crippen LogP contribution in [0.4, 0.5) is 15.9 Å². The van der Waals surface area contributed by atoms with Crippen molar-refractivity contribution < 1.29 is 4.39 Å². The molecule has 1 aromatic heterocycles. The molecule has 0 bridgehead atoms. The molecule has 1 N–H and O–H groups in total. The summed E-state index contributed by atoms with van der Waals surface area (Å²) >= 11 is 5.75. The number of nitrogens with zero attached hydrogens (tertiary/aromatic N) is 2. The van der Waals surface area contributed by atoms with Crippen molar-refractivity contribution in [1.82, 2.24) is 4.98 Å². The van der Waals surface area contributed by atoms with Crippen LogP contribution < -0.4 is 10.2 Å². The highest BCUT2D eigenvalue weighted by Gasteiger charge is 2.05. The summed E-state index contributed by atoms with van der Waals surface area (Å²) in [6, 6.07) is 8.52. The molecule has 1 heterocycles. The normalized spacial score (nSPS) is 10.3. The predicted molar refractivity (Wildman–Crippen MR) is 77.3 cm³/mol. The molecule has 5 heteroatoms. The van der Waals surface area contributed by atoms with E-state index in [-0.39, 0.29) is 5.02 Å². The average molecular weight is 280 g/mol. The Morgan fingerprint density at radius 1 is 1.32 bits per heavy atom. The summed E-state index contributed by atoms with van der Waals surface area (Å²) in [5, 5.41) is 3.41. The predicted octanol–water partition coefficient (Wildman–Crippen LogP) is 3.55. The highest BCUT2D eigenvalue weighted by atomic mass is 35.5. The fourth-order valence-corrected chi connectivity index (χ4v) is 1.94. The van der Waals surface area contributed by atoms with E-state index in [2.05, 4.69) is 10.3 Å². The molecule has 0 unspecified atom stereocenters. The van der Waals surface area contributed by atoms with Crippen LogP contribution in [0, 0.1) is 5.82 Å². The molecule has 1 aromatic carbocycles. The van der Waals surface area contributed by atoms with Crippen LogP contribution in [-0.2, 0) is 6.54 Å². The number of hydrogen-bond acceptors (Lipinski definition) is 3. The summed E-state index contributed by atoms with van der Waals surface area (Å²) in [7, 11) is 3.87. The second-order valence-corrected chi connectivity index (χ2v) is 4.78. The van der Waals surface area contributed by atoms with Gasteiger partial charge in [0.1, 0.15) is 5.82 Å². The summed E-state index contributed by atoms with van der Waals surface area (Å²) in [4.78, 5) is 6.23. The summed E-state index contributed by atoms with van der Waals surface area (Å²) in [5.74, 6) is 0.455. The van der Waals surface area contributed by atoms with Gasteiger partial charge >= 0.3 is 0 Å². The third kappa shape index (κ3) is 3.35. The number of halogens is 2. The van der Waals surface area contributed by atoms with E-state index < -0.39 is 5.82 Å². The van der Waals surface area contributed by atoms with E-state index >= 15 is 0 Å². The molecule has 3 nitrogen and oxygen atoms in total. The molecule has 0 saturated carbocycles. The van der Waals surface area contributed by atoms with Crippen molar-refractivity contribution >= 4 is 23.1 Å². The maximum Gasteiger partial charge on any atom is 0.151 e. The van der Waals surface area contributed by atoms with Gasteiger partial charge in [-0.15, -0.1) is 0 Å². The van der Waals surface area contributed by atoms with Gasteiger partial charge in [-0.2, -0.15) is 0 Å². The van der Waals surface area contributed by atoms with Crippen LogP contribution in [-0.4, -0.2) is 19.1 Å². The van der Waals surface area contributed by atoms with Gasteiger partial charge < -0.3 is 10.2 Å². The molecule has 0 aliphatic rings. The first-order valence-corrected chi connectivity index (χ1v) is 6.26. The Morgan fingerprint density at radius 2 is 2.11 bits per heavy atom. The van der Waals surface area contributed by atoms with Gasteiger partial charge in [-0.3, -0.25) is 0 Å². The first-order valence-electron chi connectivity index (χ1n) is 5.88. The van der Waals surface area contributed by atoms with E-state index in [0.29, 0.717) is 6.54 Å². The first-order chi connectivity index (χ1) is 9.08. The number of rotatable bonds is 4. The van der Waals surface area contributed by atoms with Crippen LogP contribution >= 0.6 is 11.6 Å². The zero-order valence-electron chi connectivity index (χ0n) is 10.8. The van der Waals surface area contributed by atoms with Crippen molar-refractivity contribution in [1.29, 1.82) is 0 Å². The lowest BCUT2D eigenvalue weighted by Gasteiger charge is -2.17. The van der Waals surface area contributed by atoms with Crippen LogP contribution in [0.2, 0.25) is 5.02 Å². The molecule has 100 valence electrons. The highest BCUT2D eigenvalue weighted by molar-refractivity contribution is 6.30. The third-order valence-corrected chi connectivity index (χ3v) is 2.97. The van der Waals surface area contributed by atoms with Crippen LogP contribution in [0.15, 0.2) is 36.5 Å². The van der Waals surface area contributed by atoms with E-state index in [0.717, 1.165) is 17.1 Å². The van der Waals surface area contributed by atoms with Gasteiger partial charge in [0, 0.05) is 26.8 Å². The van der Waals surface area contributed by atoms with Crippen molar-refractivity contribution in [2.45, 2.75) is 6.54 Å². The molecule has 0 spiro atoms. The Balaban J connectivity index is 2.12. The lowest BCUT2D eigenvalue weighted by molar-refractivity contribution is 0.627. The van der Waals surface area contributed by atoms with Gasteiger partial charge in [0.05, 0.1) is 10.7 Å². The minimum Gasteiger partial charge on any atom is -0.378 e. The number of nitrogens with one attached hydrogen (secondary N) is 1. The molecule has 0 amide bonds. The zero-order chi connectivity index (χ0) is 13.8. The van der Waals surface area contributed by atoms with Gasteiger partial charge in [0.15, 0.2) is 5.82 Å². The van der Waals surface area contributed by atoms with Crippen molar-refractivity contribution in [2.24, 2.45) is 0 Å². The van der Waals surface area contributed by atoms with Gasteiger partial charge in [-0.1, -0.05) is 17.7 Å². The topological polar surface area (TPSA) is 28.2 Å². The van der Waals surface area contributed by atoms with Crippen LogP contribution in [0.25, 0.3) is 0 Å². The van der Waals surface area contributed by atoms with Gasteiger partial charge in [-0.25, -0.2) is 9.37 Å². The summed E-state index contributed by atoms with van der Waals surface area (Å²) in [5.41, 5.74) is 1.84. The molecule has 0 atom stereocenters. The number of pyridine rings is 1. The Bertz CT molecular complexity index is 572. The lowest BCUT2D eigenvalue weighted by atomic mass is 10.2. The standard InChI is InChI=1S/C14H15ClFN3/c1-19(2)14-13(4-3-7-17-14)18-9-10-5-6-12(16)11(15)8-10/h3-8,18H,9H2,1-2H3. The highest BCUT2D eigenvalue weighted by Crippen LogP contribution is 2.22. The van der Waals surface area contributed by atoms with E-state index in [4.69, 9.17) is 11.6 Å². The second-order valence-electron chi connectivity index (χ2n) is 4.37. The van der Waals surface area contributed by atoms with Crippen LogP contribution in [0.3, 0.4) is 0 Å². The third-order valence-electron chi connectivity index (χ3n) is 2.68. The zero-order valence-corrected chi connectivity index (χ0v) is 11.6. The molecule has 0 fully saturated rings. The molecule has 0 aliphatic heterocycles. The van der Waals surface area contributed by atoms with Crippen molar-refractivity contribution in [2.75, 3.05) is 24.3 Å². The van der Waals surface area contributed by atoms with Crippen LogP contribution in [0.1, 0.15) is 5.56 Å². The minimum absolute atomic E-state index is 0.137. The first kappa shape index (κ1) is 13.6. The SMILES string of the molecule is CN(C)c1ncccc1NCc1ccc(F)c(Cl)c1. The average Bonchev–Trinajstić information content (AvgIpc) is 2.40. The summed E-state index contributed by atoms with van der Waals surface area (Å²) in [6.45, 7) is 0.562. The van der Waals surface area contributed by atoms with Gasteiger partial charge in [0.2, 0.25) is 0 Å². The maximum atomic E-state index is 13.1. The lowest BCUT2D eigenvalue weighted by Crippen LogP contribution is -2.13. The molecule has 0 aliphatic carbocycles. The smallest absolute Gasteiger partial charge is 0.151 e. The van der Waals surface area contributed by atoms with Crippen LogP contribution in [0.5, 0.6) is 0 Å².